The first kappa shape index (κ1) is 17.8. The molecule has 0 radical (unpaired) electrons. The molecule has 2 aromatic carbocycles. The van der Waals surface area contributed by atoms with Crippen molar-refractivity contribution in [2.24, 2.45) is 0 Å². The van der Waals surface area contributed by atoms with Crippen LogP contribution >= 0.6 is 11.8 Å². The smallest absolute Gasteiger partial charge is 0.335 e. The first-order chi connectivity index (χ1) is 13.0. The number of hydrogen-bond acceptors (Lipinski definition) is 5. The summed E-state index contributed by atoms with van der Waals surface area (Å²) in [5.41, 5.74) is 1.60. The Hall–Kier alpha value is -2.60. The molecule has 5 nitrogen and oxygen atoms in total. The number of carbonyl (C=O) groups is 3. The fourth-order valence-electron chi connectivity index (χ4n) is 3.76. The lowest BCUT2D eigenvalue weighted by Crippen LogP contribution is -2.47. The third-order valence-corrected chi connectivity index (χ3v) is 6.70. The number of thioether (sulfide) groups is 1. The molecule has 2 aliphatic rings. The van der Waals surface area contributed by atoms with Crippen LogP contribution in [0.25, 0.3) is 0 Å². The van der Waals surface area contributed by atoms with Crippen LogP contribution in [-0.4, -0.2) is 34.4 Å². The van der Waals surface area contributed by atoms with Gasteiger partial charge in [-0.3, -0.25) is 9.59 Å². The van der Waals surface area contributed by atoms with Crippen LogP contribution in [0.4, 0.5) is 0 Å². The number of ether oxygens (including phenoxy) is 1. The summed E-state index contributed by atoms with van der Waals surface area (Å²) in [4.78, 5) is 38.0. The van der Waals surface area contributed by atoms with Crippen LogP contribution in [0.3, 0.4) is 0 Å². The Morgan fingerprint density at radius 1 is 1.11 bits per heavy atom. The highest BCUT2D eigenvalue weighted by atomic mass is 32.2. The van der Waals surface area contributed by atoms with E-state index in [0.29, 0.717) is 29.9 Å². The van der Waals surface area contributed by atoms with Crippen LogP contribution in [0.2, 0.25) is 0 Å². The first-order valence-corrected chi connectivity index (χ1v) is 9.84. The Balaban J connectivity index is 1.56. The maximum atomic E-state index is 12.8. The van der Waals surface area contributed by atoms with Gasteiger partial charge in [-0.25, -0.2) is 4.79 Å². The molecular formula is C21H19NO4S. The number of fused-ring (bicyclic) bond motifs is 1. The zero-order chi connectivity index (χ0) is 19.0. The van der Waals surface area contributed by atoms with Crippen molar-refractivity contribution in [3.05, 3.63) is 65.7 Å². The third-order valence-electron chi connectivity index (χ3n) is 5.10. The lowest BCUT2D eigenvalue weighted by molar-refractivity contribution is -0.146. The van der Waals surface area contributed by atoms with E-state index in [9.17, 15) is 14.4 Å². The van der Waals surface area contributed by atoms with Crippen molar-refractivity contribution in [2.45, 2.75) is 30.7 Å². The fraction of sp³-hybridized carbons (Fsp3) is 0.286. The molecule has 138 valence electrons. The minimum atomic E-state index is -0.613. The van der Waals surface area contributed by atoms with Gasteiger partial charge in [-0.15, -0.1) is 11.8 Å². The predicted octanol–water partition coefficient (Wildman–Crippen LogP) is 3.39. The summed E-state index contributed by atoms with van der Waals surface area (Å²) in [6, 6.07) is 15.7. The van der Waals surface area contributed by atoms with Crippen molar-refractivity contribution in [2.75, 3.05) is 5.75 Å². The van der Waals surface area contributed by atoms with Crippen LogP contribution in [0.5, 0.6) is 5.75 Å². The average Bonchev–Trinajstić information content (AvgIpc) is 3.22. The van der Waals surface area contributed by atoms with Crippen LogP contribution in [0.15, 0.2) is 54.6 Å². The fourth-order valence-corrected chi connectivity index (χ4v) is 5.39. The molecule has 2 heterocycles. The summed E-state index contributed by atoms with van der Waals surface area (Å²) < 4.78 is 5.51. The standard InChI is InChI=1S/C21H19NO4S/c1-14(23)15-7-9-17(10-8-15)26-20(25)18-13-27-21(12-11-19(24)22(18)21)16-5-3-2-4-6-16/h2-10,18H,11-13H2,1H3/t18-,21-/m0/s1. The Morgan fingerprint density at radius 3 is 2.48 bits per heavy atom. The lowest BCUT2D eigenvalue weighted by Gasteiger charge is -2.33. The number of nitrogens with zero attached hydrogens (tertiary/aromatic N) is 1. The third kappa shape index (κ3) is 3.04. The molecule has 0 aromatic heterocycles. The van der Waals surface area contributed by atoms with Crippen molar-refractivity contribution >= 4 is 29.4 Å². The number of amides is 1. The second-order valence-electron chi connectivity index (χ2n) is 6.74. The number of esters is 1. The number of ketones is 1. The Morgan fingerprint density at radius 2 is 1.81 bits per heavy atom. The molecule has 1 amide bonds. The maximum absolute atomic E-state index is 12.8. The van der Waals surface area contributed by atoms with Crippen molar-refractivity contribution in [3.8, 4) is 5.75 Å². The number of rotatable bonds is 4. The summed E-state index contributed by atoms with van der Waals surface area (Å²) in [5.74, 6) is 0.378. The monoisotopic (exact) mass is 381 g/mol. The van der Waals surface area contributed by atoms with E-state index in [2.05, 4.69) is 0 Å². The minimum absolute atomic E-state index is 0.0160. The Kier molecular flexibility index (Phi) is 4.52. The van der Waals surface area contributed by atoms with E-state index in [1.807, 2.05) is 30.3 Å². The van der Waals surface area contributed by atoms with Crippen LogP contribution in [-0.2, 0) is 14.5 Å². The molecule has 0 aliphatic carbocycles. The van der Waals surface area contributed by atoms with E-state index in [4.69, 9.17) is 4.74 Å². The van der Waals surface area contributed by atoms with Gasteiger partial charge in [0.1, 0.15) is 16.7 Å². The van der Waals surface area contributed by atoms with Gasteiger partial charge in [0.2, 0.25) is 5.91 Å². The Labute approximate surface area is 161 Å². The van der Waals surface area contributed by atoms with E-state index in [1.165, 1.54) is 6.92 Å². The van der Waals surface area contributed by atoms with Gasteiger partial charge in [0.25, 0.3) is 0 Å². The summed E-state index contributed by atoms with van der Waals surface area (Å²) in [6.07, 6.45) is 1.12. The van der Waals surface area contributed by atoms with Crippen molar-refractivity contribution in [1.82, 2.24) is 4.90 Å². The van der Waals surface area contributed by atoms with Crippen LogP contribution in [0.1, 0.15) is 35.7 Å². The van der Waals surface area contributed by atoms with E-state index >= 15 is 0 Å². The number of Topliss-reactive ketones (excluding diaryl/α,β-unsaturated/α-hetero) is 1. The topological polar surface area (TPSA) is 63.7 Å². The molecule has 6 heteroatoms. The first-order valence-electron chi connectivity index (χ1n) is 8.85. The van der Waals surface area contributed by atoms with Crippen LogP contribution < -0.4 is 4.74 Å². The summed E-state index contributed by atoms with van der Waals surface area (Å²) in [6.45, 7) is 1.49. The number of carbonyl (C=O) groups excluding carboxylic acids is 3. The largest absolute Gasteiger partial charge is 0.425 e. The van der Waals surface area contributed by atoms with Crippen molar-refractivity contribution in [3.63, 3.8) is 0 Å². The molecule has 4 rings (SSSR count). The van der Waals surface area contributed by atoms with Crippen LogP contribution in [0, 0.1) is 0 Å². The van der Waals surface area contributed by atoms with E-state index in [-0.39, 0.29) is 11.7 Å². The zero-order valence-corrected chi connectivity index (χ0v) is 15.7. The van der Waals surface area contributed by atoms with Gasteiger partial charge in [-0.1, -0.05) is 30.3 Å². The summed E-state index contributed by atoms with van der Waals surface area (Å²) in [5, 5.41) is 0. The molecule has 0 unspecified atom stereocenters. The summed E-state index contributed by atoms with van der Waals surface area (Å²) >= 11 is 1.63. The second-order valence-corrected chi connectivity index (χ2v) is 8.04. The van der Waals surface area contributed by atoms with Gasteiger partial charge in [-0.05, 0) is 43.2 Å². The highest BCUT2D eigenvalue weighted by Gasteiger charge is 2.57. The molecule has 2 aromatic rings. The summed E-state index contributed by atoms with van der Waals surface area (Å²) in [7, 11) is 0. The molecule has 2 aliphatic heterocycles. The second kappa shape index (κ2) is 6.85. The van der Waals surface area contributed by atoms with E-state index in [0.717, 1.165) is 5.56 Å². The number of benzene rings is 2. The van der Waals surface area contributed by atoms with Crippen molar-refractivity contribution < 1.29 is 19.1 Å². The van der Waals surface area contributed by atoms with Crippen molar-refractivity contribution in [1.29, 1.82) is 0 Å². The quantitative estimate of drug-likeness (QED) is 0.461. The molecule has 0 spiro atoms. The van der Waals surface area contributed by atoms with E-state index in [1.54, 1.807) is 40.9 Å². The normalized spacial score (nSPS) is 24.0. The highest BCUT2D eigenvalue weighted by Crippen LogP contribution is 2.54. The SMILES string of the molecule is CC(=O)c1ccc(OC(=O)[C@@H]2CS[C@]3(c4ccccc4)CCC(=O)N23)cc1. The Bertz CT molecular complexity index is 896. The van der Waals surface area contributed by atoms with Gasteiger partial charge in [0.15, 0.2) is 5.78 Å². The van der Waals surface area contributed by atoms with Gasteiger partial charge < -0.3 is 9.64 Å². The molecule has 2 atom stereocenters. The molecule has 0 N–H and O–H groups in total. The van der Waals surface area contributed by atoms with Gasteiger partial charge >= 0.3 is 5.97 Å². The van der Waals surface area contributed by atoms with E-state index < -0.39 is 16.9 Å². The molecule has 27 heavy (non-hydrogen) atoms. The van der Waals surface area contributed by atoms with Gasteiger partial charge in [-0.2, -0.15) is 0 Å². The molecule has 0 saturated carbocycles. The average molecular weight is 381 g/mol. The predicted molar refractivity (Wildman–Crippen MR) is 103 cm³/mol. The molecule has 2 fully saturated rings. The zero-order valence-electron chi connectivity index (χ0n) is 14.9. The van der Waals surface area contributed by atoms with Gasteiger partial charge in [0.05, 0.1) is 0 Å². The van der Waals surface area contributed by atoms with Gasteiger partial charge in [0, 0.05) is 17.7 Å². The maximum Gasteiger partial charge on any atom is 0.335 e. The molecule has 2 saturated heterocycles. The minimum Gasteiger partial charge on any atom is -0.425 e. The molecular weight excluding hydrogens is 362 g/mol. The number of hydrogen-bond donors (Lipinski definition) is 0. The highest BCUT2D eigenvalue weighted by molar-refractivity contribution is 8.00. The molecule has 0 bridgehead atoms. The lowest BCUT2D eigenvalue weighted by atomic mass is 10.0.